The first-order valence-electron chi connectivity index (χ1n) is 3.66. The van der Waals surface area contributed by atoms with E-state index in [0.717, 1.165) is 6.29 Å². The molecule has 0 saturated heterocycles. The van der Waals surface area contributed by atoms with Crippen LogP contribution in [0.1, 0.15) is 31.1 Å². The van der Waals surface area contributed by atoms with Crippen LogP contribution >= 0.6 is 15.9 Å². The Kier molecular flexibility index (Phi) is 2.37. The summed E-state index contributed by atoms with van der Waals surface area (Å²) in [5.74, 6) is 0. The van der Waals surface area contributed by atoms with Gasteiger partial charge < -0.3 is 0 Å². The molecule has 0 atom stereocenters. The molecule has 3 nitrogen and oxygen atoms in total. The number of carbonyl (C=O) groups is 1. The first-order chi connectivity index (χ1) is 5.45. The van der Waals surface area contributed by atoms with E-state index < -0.39 is 0 Å². The lowest BCUT2D eigenvalue weighted by Crippen LogP contribution is -2.22. The quantitative estimate of drug-likeness (QED) is 0.694. The monoisotopic (exact) mass is 230 g/mol. The Balaban J connectivity index is 3.13. The van der Waals surface area contributed by atoms with Gasteiger partial charge >= 0.3 is 0 Å². The van der Waals surface area contributed by atoms with Gasteiger partial charge in [0, 0.05) is 6.20 Å². The van der Waals surface area contributed by atoms with Gasteiger partial charge in [-0.05, 0) is 36.7 Å². The molecule has 0 aliphatic carbocycles. The van der Waals surface area contributed by atoms with Crippen LogP contribution in [0.25, 0.3) is 0 Å². The van der Waals surface area contributed by atoms with Crippen LogP contribution in [0.5, 0.6) is 0 Å². The summed E-state index contributed by atoms with van der Waals surface area (Å²) in [7, 11) is 0. The molecule has 0 amide bonds. The molecule has 1 aromatic heterocycles. The minimum atomic E-state index is -0.0796. The summed E-state index contributed by atoms with van der Waals surface area (Å²) in [4.78, 5) is 10.5. The standard InChI is InChI=1S/C8H11BrN2O/c1-8(2,3)11-4-6(5-12)7(9)10-11/h4-5H,1-3H3. The van der Waals surface area contributed by atoms with E-state index in [0.29, 0.717) is 10.2 Å². The molecule has 1 heterocycles. The number of carbonyl (C=O) groups excluding carboxylic acids is 1. The lowest BCUT2D eigenvalue weighted by atomic mass is 10.1. The molecule has 0 unspecified atom stereocenters. The molecular formula is C8H11BrN2O. The van der Waals surface area contributed by atoms with Gasteiger partial charge in [0.2, 0.25) is 0 Å². The van der Waals surface area contributed by atoms with Crippen LogP contribution in [0, 0.1) is 0 Å². The number of rotatable bonds is 1. The Labute approximate surface area is 79.9 Å². The normalized spacial score (nSPS) is 11.7. The molecule has 0 aliphatic rings. The Morgan fingerprint density at radius 3 is 2.42 bits per heavy atom. The maximum atomic E-state index is 10.5. The summed E-state index contributed by atoms with van der Waals surface area (Å²) in [6.07, 6.45) is 2.52. The van der Waals surface area contributed by atoms with E-state index in [4.69, 9.17) is 0 Å². The SMILES string of the molecule is CC(C)(C)n1cc(C=O)c(Br)n1. The maximum Gasteiger partial charge on any atom is 0.154 e. The Hall–Kier alpha value is -0.640. The van der Waals surface area contributed by atoms with Crippen molar-refractivity contribution in [3.05, 3.63) is 16.4 Å². The van der Waals surface area contributed by atoms with Crippen molar-refractivity contribution < 1.29 is 4.79 Å². The van der Waals surface area contributed by atoms with E-state index in [1.807, 2.05) is 20.8 Å². The van der Waals surface area contributed by atoms with Crippen LogP contribution < -0.4 is 0 Å². The second-order valence-corrected chi connectivity index (χ2v) is 4.36. The van der Waals surface area contributed by atoms with Gasteiger partial charge in [0.15, 0.2) is 6.29 Å². The number of nitrogens with zero attached hydrogens (tertiary/aromatic N) is 2. The second kappa shape index (κ2) is 3.01. The zero-order chi connectivity index (χ0) is 9.35. The molecule has 4 heteroatoms. The summed E-state index contributed by atoms with van der Waals surface area (Å²) < 4.78 is 2.37. The Bertz CT molecular complexity index is 298. The van der Waals surface area contributed by atoms with Crippen molar-refractivity contribution in [1.29, 1.82) is 0 Å². The average molecular weight is 231 g/mol. The highest BCUT2D eigenvalue weighted by molar-refractivity contribution is 9.10. The van der Waals surface area contributed by atoms with Crippen molar-refractivity contribution in [2.45, 2.75) is 26.3 Å². The Morgan fingerprint density at radius 1 is 1.58 bits per heavy atom. The molecular weight excluding hydrogens is 220 g/mol. The van der Waals surface area contributed by atoms with Crippen molar-refractivity contribution in [2.75, 3.05) is 0 Å². The van der Waals surface area contributed by atoms with Crippen molar-refractivity contribution in [3.63, 3.8) is 0 Å². The van der Waals surface area contributed by atoms with Gasteiger partial charge in [0.1, 0.15) is 4.60 Å². The molecule has 0 aliphatic heterocycles. The fraction of sp³-hybridized carbons (Fsp3) is 0.500. The molecule has 0 bridgehead atoms. The van der Waals surface area contributed by atoms with Crippen LogP contribution in [0.4, 0.5) is 0 Å². The number of hydrogen-bond acceptors (Lipinski definition) is 2. The summed E-state index contributed by atoms with van der Waals surface area (Å²) in [6, 6.07) is 0. The van der Waals surface area contributed by atoms with Crippen LogP contribution in [-0.2, 0) is 5.54 Å². The highest BCUT2D eigenvalue weighted by atomic mass is 79.9. The predicted octanol–water partition coefficient (Wildman–Crippen LogP) is 2.21. The summed E-state index contributed by atoms with van der Waals surface area (Å²) in [5.41, 5.74) is 0.508. The van der Waals surface area contributed by atoms with Gasteiger partial charge in [-0.25, -0.2) is 0 Å². The van der Waals surface area contributed by atoms with Crippen LogP contribution in [0.2, 0.25) is 0 Å². The van der Waals surface area contributed by atoms with Gasteiger partial charge in [-0.1, -0.05) is 0 Å². The number of aromatic nitrogens is 2. The third-order valence-electron chi connectivity index (χ3n) is 1.51. The topological polar surface area (TPSA) is 34.9 Å². The van der Waals surface area contributed by atoms with E-state index in [1.165, 1.54) is 0 Å². The molecule has 0 N–H and O–H groups in total. The third kappa shape index (κ3) is 1.75. The van der Waals surface area contributed by atoms with Crippen molar-refractivity contribution in [2.24, 2.45) is 0 Å². The molecule has 0 fully saturated rings. The number of hydrogen-bond donors (Lipinski definition) is 0. The molecule has 0 radical (unpaired) electrons. The van der Waals surface area contributed by atoms with Crippen LogP contribution in [0.3, 0.4) is 0 Å². The molecule has 12 heavy (non-hydrogen) atoms. The van der Waals surface area contributed by atoms with Crippen LogP contribution in [0.15, 0.2) is 10.8 Å². The Morgan fingerprint density at radius 2 is 2.17 bits per heavy atom. The first kappa shape index (κ1) is 9.45. The van der Waals surface area contributed by atoms with E-state index in [2.05, 4.69) is 21.0 Å². The van der Waals surface area contributed by atoms with E-state index in [-0.39, 0.29) is 5.54 Å². The largest absolute Gasteiger partial charge is 0.298 e. The van der Waals surface area contributed by atoms with Crippen molar-refractivity contribution in [1.82, 2.24) is 9.78 Å². The van der Waals surface area contributed by atoms with Crippen LogP contribution in [-0.4, -0.2) is 16.1 Å². The first-order valence-corrected chi connectivity index (χ1v) is 4.45. The average Bonchev–Trinajstić information content (AvgIpc) is 2.29. The molecule has 1 rings (SSSR count). The lowest BCUT2D eigenvalue weighted by molar-refractivity contribution is 0.112. The number of aldehydes is 1. The van der Waals surface area contributed by atoms with E-state index >= 15 is 0 Å². The fourth-order valence-corrected chi connectivity index (χ4v) is 1.16. The smallest absolute Gasteiger partial charge is 0.154 e. The molecule has 66 valence electrons. The zero-order valence-corrected chi connectivity index (χ0v) is 8.92. The van der Waals surface area contributed by atoms with E-state index in [9.17, 15) is 4.79 Å². The molecule has 0 aromatic carbocycles. The highest BCUT2D eigenvalue weighted by Crippen LogP contribution is 2.18. The third-order valence-corrected chi connectivity index (χ3v) is 2.13. The second-order valence-electron chi connectivity index (χ2n) is 3.61. The molecule has 0 spiro atoms. The summed E-state index contributed by atoms with van der Waals surface area (Å²) in [5, 5.41) is 4.15. The summed E-state index contributed by atoms with van der Waals surface area (Å²) >= 11 is 3.21. The van der Waals surface area contributed by atoms with Crippen molar-refractivity contribution in [3.8, 4) is 0 Å². The zero-order valence-electron chi connectivity index (χ0n) is 7.34. The number of halogens is 1. The highest BCUT2D eigenvalue weighted by Gasteiger charge is 2.16. The lowest BCUT2D eigenvalue weighted by Gasteiger charge is -2.18. The van der Waals surface area contributed by atoms with Gasteiger partial charge in [-0.3, -0.25) is 9.48 Å². The van der Waals surface area contributed by atoms with Gasteiger partial charge in [0.05, 0.1) is 11.1 Å². The van der Waals surface area contributed by atoms with Crippen molar-refractivity contribution >= 4 is 22.2 Å². The predicted molar refractivity (Wildman–Crippen MR) is 50.3 cm³/mol. The van der Waals surface area contributed by atoms with Gasteiger partial charge in [-0.15, -0.1) is 0 Å². The molecule has 1 aromatic rings. The van der Waals surface area contributed by atoms with Gasteiger partial charge in [0.25, 0.3) is 0 Å². The van der Waals surface area contributed by atoms with E-state index in [1.54, 1.807) is 10.9 Å². The maximum absolute atomic E-state index is 10.5. The fourth-order valence-electron chi connectivity index (χ4n) is 0.789. The van der Waals surface area contributed by atoms with Gasteiger partial charge in [-0.2, -0.15) is 5.10 Å². The minimum Gasteiger partial charge on any atom is -0.298 e. The molecule has 0 saturated carbocycles. The summed E-state index contributed by atoms with van der Waals surface area (Å²) in [6.45, 7) is 6.09. The minimum absolute atomic E-state index is 0.0796.